The van der Waals surface area contributed by atoms with Gasteiger partial charge in [-0.05, 0) is 98.5 Å². The first-order valence-corrected chi connectivity index (χ1v) is 14.5. The van der Waals surface area contributed by atoms with Crippen molar-refractivity contribution in [3.05, 3.63) is 24.3 Å². The monoisotopic (exact) mass is 469 g/mol. The van der Waals surface area contributed by atoms with Gasteiger partial charge in [-0.3, -0.25) is 9.00 Å². The summed E-state index contributed by atoms with van der Waals surface area (Å²) in [7, 11) is 1.000. The summed E-state index contributed by atoms with van der Waals surface area (Å²) in [5.74, 6) is 3.25. The van der Waals surface area contributed by atoms with Crippen LogP contribution in [0.4, 0.5) is 0 Å². The summed E-state index contributed by atoms with van der Waals surface area (Å²) in [6.45, 7) is 4.94. The fourth-order valence-corrected chi connectivity index (χ4v) is 10.7. The smallest absolute Gasteiger partial charge is 0.222 e. The first-order valence-electron chi connectivity index (χ1n) is 13.2. The topological polar surface area (TPSA) is 46.6 Å². The van der Waals surface area contributed by atoms with Gasteiger partial charge >= 0.3 is 0 Å². The van der Waals surface area contributed by atoms with E-state index in [-0.39, 0.29) is 16.1 Å². The normalized spacial score (nSPS) is 43.4. The van der Waals surface area contributed by atoms with Gasteiger partial charge in [0.05, 0.1) is 21.8 Å². The molecule has 0 radical (unpaired) electrons. The summed E-state index contributed by atoms with van der Waals surface area (Å²) in [5.41, 5.74) is 0.382. The maximum absolute atomic E-state index is 14.0. The Morgan fingerprint density at radius 1 is 0.939 bits per heavy atom. The van der Waals surface area contributed by atoms with E-state index in [1.54, 1.807) is 0 Å². The number of hydrogen-bond acceptors (Lipinski definition) is 3. The van der Waals surface area contributed by atoms with E-state index in [0.717, 1.165) is 42.7 Å². The van der Waals surface area contributed by atoms with Gasteiger partial charge < -0.3 is 9.64 Å². The van der Waals surface area contributed by atoms with Gasteiger partial charge in [0.25, 0.3) is 0 Å². The number of carbonyl (C=O) groups excluding carboxylic acids is 1. The average Bonchev–Trinajstić information content (AvgIpc) is 3.55. The third-order valence-corrected chi connectivity index (χ3v) is 12.7. The first kappa shape index (κ1) is 22.1. The van der Waals surface area contributed by atoms with E-state index in [9.17, 15) is 9.00 Å². The molecule has 1 aromatic rings. The minimum atomic E-state index is -1.04. The molecule has 1 aliphatic heterocycles. The molecule has 1 amide bonds. The van der Waals surface area contributed by atoms with Crippen LogP contribution in [0.25, 0.3) is 0 Å². The zero-order valence-corrected chi connectivity index (χ0v) is 21.2. The van der Waals surface area contributed by atoms with Crippen molar-refractivity contribution in [2.75, 3.05) is 7.05 Å². The highest BCUT2D eigenvalue weighted by Gasteiger charge is 2.62. The molecule has 33 heavy (non-hydrogen) atoms. The first-order chi connectivity index (χ1) is 15.8. The predicted octanol–water partition coefficient (Wildman–Crippen LogP) is 5.57. The standard InChI is InChI=1S/C28H39NO3S/c1-27-17-15-26(30)29(3)24(27)12-10-19-20-11-13-25(28(20,2)16-14-21(19)27)33(31)23-7-5-4-6-22(23)32-18-8-9-18/h4-7,18-21,24-25H,8-17H2,1-3H3/t19-,20-,21-,24+,25-,27+,28-,33?/m0/s1. The summed E-state index contributed by atoms with van der Waals surface area (Å²) in [6, 6.07) is 8.48. The fraction of sp³-hybridized carbons (Fsp3) is 0.750. The van der Waals surface area contributed by atoms with Gasteiger partial charge in [0.15, 0.2) is 0 Å². The average molecular weight is 470 g/mol. The molecule has 4 nitrogen and oxygen atoms in total. The van der Waals surface area contributed by atoms with E-state index in [4.69, 9.17) is 4.74 Å². The van der Waals surface area contributed by atoms with E-state index >= 15 is 0 Å². The summed E-state index contributed by atoms with van der Waals surface area (Å²) in [4.78, 5) is 15.4. The van der Waals surface area contributed by atoms with Crippen molar-refractivity contribution in [1.82, 2.24) is 4.90 Å². The van der Waals surface area contributed by atoms with Gasteiger partial charge in [-0.2, -0.15) is 0 Å². The van der Waals surface area contributed by atoms with E-state index in [2.05, 4.69) is 18.7 Å². The molecule has 4 saturated carbocycles. The van der Waals surface area contributed by atoms with Crippen molar-refractivity contribution in [3.8, 4) is 5.75 Å². The zero-order valence-electron chi connectivity index (χ0n) is 20.4. The van der Waals surface area contributed by atoms with Gasteiger partial charge in [0.1, 0.15) is 5.75 Å². The molecular weight excluding hydrogens is 430 g/mol. The van der Waals surface area contributed by atoms with Crippen molar-refractivity contribution in [2.45, 2.75) is 100 Å². The largest absolute Gasteiger partial charge is 0.489 e. The van der Waals surface area contributed by atoms with Crippen LogP contribution in [0.1, 0.15) is 78.1 Å². The molecule has 0 bridgehead atoms. The van der Waals surface area contributed by atoms with Crippen LogP contribution in [-0.4, -0.2) is 39.5 Å². The van der Waals surface area contributed by atoms with Gasteiger partial charge in [-0.15, -0.1) is 0 Å². The maximum Gasteiger partial charge on any atom is 0.222 e. The van der Waals surface area contributed by atoms with Crippen LogP contribution in [0.2, 0.25) is 0 Å². The molecule has 4 aliphatic carbocycles. The Balaban J connectivity index is 1.26. The Bertz CT molecular complexity index is 976. The lowest BCUT2D eigenvalue weighted by molar-refractivity contribution is -0.156. The number of nitrogens with zero attached hydrogens (tertiary/aromatic N) is 1. The van der Waals surface area contributed by atoms with Crippen molar-refractivity contribution in [3.63, 3.8) is 0 Å². The number of fused-ring (bicyclic) bond motifs is 5. The number of piperidine rings is 1. The molecule has 1 heterocycles. The van der Waals surface area contributed by atoms with Crippen LogP contribution < -0.4 is 4.74 Å². The number of amides is 1. The van der Waals surface area contributed by atoms with Crippen molar-refractivity contribution in [2.24, 2.45) is 28.6 Å². The maximum atomic E-state index is 14.0. The lowest BCUT2D eigenvalue weighted by atomic mass is 9.47. The highest BCUT2D eigenvalue weighted by atomic mass is 32.2. The number of para-hydroxylation sites is 1. The number of carbonyl (C=O) groups is 1. The summed E-state index contributed by atoms with van der Waals surface area (Å²) in [6.07, 6.45) is 11.3. The van der Waals surface area contributed by atoms with Crippen LogP contribution in [0, 0.1) is 28.6 Å². The Morgan fingerprint density at radius 2 is 1.70 bits per heavy atom. The molecule has 5 heteroatoms. The van der Waals surface area contributed by atoms with E-state index in [0.29, 0.717) is 42.2 Å². The van der Waals surface area contributed by atoms with Gasteiger partial charge in [0, 0.05) is 24.8 Å². The van der Waals surface area contributed by atoms with E-state index in [1.165, 1.54) is 25.7 Å². The molecule has 6 rings (SSSR count). The lowest BCUT2D eigenvalue weighted by Crippen LogP contribution is -2.61. The molecule has 1 saturated heterocycles. The second-order valence-electron chi connectivity index (χ2n) is 12.2. The van der Waals surface area contributed by atoms with Crippen molar-refractivity contribution >= 4 is 16.7 Å². The molecule has 180 valence electrons. The molecule has 1 unspecified atom stereocenters. The highest BCUT2D eigenvalue weighted by Crippen LogP contribution is 2.65. The highest BCUT2D eigenvalue weighted by molar-refractivity contribution is 7.85. The third kappa shape index (κ3) is 3.35. The predicted molar refractivity (Wildman–Crippen MR) is 130 cm³/mol. The van der Waals surface area contributed by atoms with Crippen molar-refractivity contribution < 1.29 is 13.7 Å². The number of hydrogen-bond donors (Lipinski definition) is 0. The third-order valence-electron chi connectivity index (χ3n) is 10.6. The van der Waals surface area contributed by atoms with Gasteiger partial charge in [-0.1, -0.05) is 26.0 Å². The zero-order chi connectivity index (χ0) is 23.0. The van der Waals surface area contributed by atoms with Crippen LogP contribution in [0.15, 0.2) is 29.2 Å². The minimum absolute atomic E-state index is 0.137. The molecule has 0 spiro atoms. The van der Waals surface area contributed by atoms with Crippen LogP contribution in [0.5, 0.6) is 5.75 Å². The molecule has 0 aromatic heterocycles. The fourth-order valence-electron chi connectivity index (χ4n) is 8.69. The summed E-state index contributed by atoms with van der Waals surface area (Å²) in [5, 5.41) is 0.216. The number of rotatable bonds is 4. The van der Waals surface area contributed by atoms with Crippen LogP contribution >= 0.6 is 0 Å². The Kier molecular flexibility index (Phi) is 5.25. The van der Waals surface area contributed by atoms with E-state index in [1.807, 2.05) is 31.3 Å². The number of likely N-dealkylation sites (tertiary alicyclic amines) is 1. The lowest BCUT2D eigenvalue weighted by Gasteiger charge is -2.61. The number of benzene rings is 1. The molecular formula is C28H39NO3S. The minimum Gasteiger partial charge on any atom is -0.489 e. The molecule has 8 atom stereocenters. The second kappa shape index (κ2) is 7.83. The number of ether oxygens (including phenoxy) is 1. The molecule has 0 N–H and O–H groups in total. The van der Waals surface area contributed by atoms with Crippen LogP contribution in [-0.2, 0) is 15.6 Å². The Morgan fingerprint density at radius 3 is 2.48 bits per heavy atom. The second-order valence-corrected chi connectivity index (χ2v) is 13.8. The van der Waals surface area contributed by atoms with Crippen LogP contribution in [0.3, 0.4) is 0 Å². The molecule has 1 aromatic carbocycles. The van der Waals surface area contributed by atoms with E-state index < -0.39 is 10.8 Å². The summed E-state index contributed by atoms with van der Waals surface area (Å²) < 4.78 is 20.2. The van der Waals surface area contributed by atoms with Gasteiger partial charge in [-0.25, -0.2) is 0 Å². The quantitative estimate of drug-likeness (QED) is 0.579. The molecule has 5 fully saturated rings. The SMILES string of the molecule is CN1C(=O)CC[C@]2(C)[C@H]3CC[C@]4(C)[C@@H](S(=O)c5ccccc5OC5CC5)CC[C@H]4[C@@H]3CC[C@@H]12. The summed E-state index contributed by atoms with van der Waals surface area (Å²) >= 11 is 0. The Labute approximate surface area is 201 Å². The van der Waals surface area contributed by atoms with Crippen molar-refractivity contribution in [1.29, 1.82) is 0 Å². The molecule has 5 aliphatic rings. The Hall–Kier alpha value is -1.36. The van der Waals surface area contributed by atoms with Gasteiger partial charge in [0.2, 0.25) is 5.91 Å².